The van der Waals surface area contributed by atoms with Gasteiger partial charge in [0.15, 0.2) is 0 Å². The van der Waals surface area contributed by atoms with E-state index < -0.39 is 0 Å². The minimum Gasteiger partial charge on any atom is -0.496 e. The van der Waals surface area contributed by atoms with Gasteiger partial charge < -0.3 is 14.1 Å². The van der Waals surface area contributed by atoms with E-state index in [9.17, 15) is 0 Å². The Bertz CT molecular complexity index is 831. The van der Waals surface area contributed by atoms with E-state index in [4.69, 9.17) is 9.15 Å². The lowest BCUT2D eigenvalue weighted by Gasteiger charge is -2.24. The zero-order valence-corrected chi connectivity index (χ0v) is 15.0. The molecule has 0 bridgehead atoms. The van der Waals surface area contributed by atoms with E-state index >= 15 is 0 Å². The molecule has 0 amide bonds. The van der Waals surface area contributed by atoms with Gasteiger partial charge >= 0.3 is 0 Å². The minimum atomic E-state index is 0.381. The van der Waals surface area contributed by atoms with Crippen LogP contribution in [0.2, 0.25) is 0 Å². The van der Waals surface area contributed by atoms with Gasteiger partial charge in [0.1, 0.15) is 5.75 Å². The van der Waals surface area contributed by atoms with Crippen molar-refractivity contribution >= 4 is 17.4 Å². The summed E-state index contributed by atoms with van der Waals surface area (Å²) in [5.74, 6) is 0.973. The SMILES string of the molecule is COc1ccccc1[C@H]1CCN(Cc2ccoc2)c2ccccc2S1. The Hall–Kier alpha value is -2.33. The molecule has 0 aliphatic carbocycles. The highest BCUT2D eigenvalue weighted by Gasteiger charge is 2.25. The quantitative estimate of drug-likeness (QED) is 0.617. The van der Waals surface area contributed by atoms with Gasteiger partial charge in [-0.25, -0.2) is 0 Å². The zero-order chi connectivity index (χ0) is 17.1. The average Bonchev–Trinajstić information content (AvgIpc) is 3.10. The molecule has 2 aromatic carbocycles. The molecule has 0 unspecified atom stereocenters. The van der Waals surface area contributed by atoms with Crippen LogP contribution < -0.4 is 9.64 Å². The summed E-state index contributed by atoms with van der Waals surface area (Å²) in [7, 11) is 1.75. The van der Waals surface area contributed by atoms with Crippen molar-refractivity contribution in [1.82, 2.24) is 0 Å². The Morgan fingerprint density at radius 2 is 1.96 bits per heavy atom. The molecule has 4 heteroatoms. The number of hydrogen-bond donors (Lipinski definition) is 0. The summed E-state index contributed by atoms with van der Waals surface area (Å²) in [5, 5.41) is 0.381. The molecule has 0 radical (unpaired) electrons. The molecule has 0 fully saturated rings. The van der Waals surface area contributed by atoms with Crippen LogP contribution >= 0.6 is 11.8 Å². The second-order valence-corrected chi connectivity index (χ2v) is 7.40. The van der Waals surface area contributed by atoms with E-state index in [0.717, 1.165) is 25.3 Å². The van der Waals surface area contributed by atoms with Gasteiger partial charge in [-0.15, -0.1) is 11.8 Å². The number of rotatable bonds is 4. The summed E-state index contributed by atoms with van der Waals surface area (Å²) in [6.07, 6.45) is 4.64. The van der Waals surface area contributed by atoms with E-state index in [1.165, 1.54) is 21.7 Å². The fourth-order valence-electron chi connectivity index (χ4n) is 3.34. The number of hydrogen-bond acceptors (Lipinski definition) is 4. The van der Waals surface area contributed by atoms with Crippen LogP contribution in [0.25, 0.3) is 0 Å². The van der Waals surface area contributed by atoms with Gasteiger partial charge in [0.05, 0.1) is 25.3 Å². The van der Waals surface area contributed by atoms with E-state index in [-0.39, 0.29) is 0 Å². The molecule has 0 spiro atoms. The molecular formula is C21H21NO2S. The number of anilines is 1. The number of ether oxygens (including phenoxy) is 1. The first kappa shape index (κ1) is 16.2. The Balaban J connectivity index is 1.66. The molecule has 4 rings (SSSR count). The Morgan fingerprint density at radius 3 is 2.80 bits per heavy atom. The summed E-state index contributed by atoms with van der Waals surface area (Å²) in [6.45, 7) is 1.87. The predicted molar refractivity (Wildman–Crippen MR) is 102 cm³/mol. The molecule has 128 valence electrons. The lowest BCUT2D eigenvalue weighted by Crippen LogP contribution is -2.23. The molecule has 0 saturated carbocycles. The van der Waals surface area contributed by atoms with Crippen molar-refractivity contribution in [2.75, 3.05) is 18.6 Å². The molecule has 1 aliphatic rings. The van der Waals surface area contributed by atoms with Crippen LogP contribution in [0.15, 0.2) is 76.4 Å². The van der Waals surface area contributed by atoms with Crippen molar-refractivity contribution in [2.45, 2.75) is 23.1 Å². The van der Waals surface area contributed by atoms with E-state index in [1.807, 2.05) is 30.2 Å². The normalized spacial score (nSPS) is 17.0. The number of fused-ring (bicyclic) bond motifs is 1. The van der Waals surface area contributed by atoms with Crippen LogP contribution in [0.5, 0.6) is 5.75 Å². The summed E-state index contributed by atoms with van der Waals surface area (Å²) in [4.78, 5) is 3.77. The third-order valence-corrected chi connectivity index (χ3v) is 5.95. The van der Waals surface area contributed by atoms with Gasteiger partial charge in [-0.3, -0.25) is 0 Å². The molecule has 1 atom stereocenters. The van der Waals surface area contributed by atoms with E-state index in [2.05, 4.69) is 47.4 Å². The van der Waals surface area contributed by atoms with E-state index in [0.29, 0.717) is 5.25 Å². The second kappa shape index (κ2) is 7.28. The zero-order valence-electron chi connectivity index (χ0n) is 14.2. The van der Waals surface area contributed by atoms with Crippen LogP contribution in [-0.4, -0.2) is 13.7 Å². The van der Waals surface area contributed by atoms with Crippen LogP contribution in [-0.2, 0) is 6.54 Å². The van der Waals surface area contributed by atoms with E-state index in [1.54, 1.807) is 13.4 Å². The summed E-state index contributed by atoms with van der Waals surface area (Å²) < 4.78 is 10.8. The highest BCUT2D eigenvalue weighted by Crippen LogP contribution is 2.47. The number of thioether (sulfide) groups is 1. The molecule has 3 nitrogen and oxygen atoms in total. The molecule has 3 aromatic rings. The molecular weight excluding hydrogens is 330 g/mol. The number of nitrogens with zero attached hydrogens (tertiary/aromatic N) is 1. The van der Waals surface area contributed by atoms with Gasteiger partial charge in [0.25, 0.3) is 0 Å². The minimum absolute atomic E-state index is 0.381. The van der Waals surface area contributed by atoms with Crippen LogP contribution in [0.4, 0.5) is 5.69 Å². The van der Waals surface area contributed by atoms with Crippen LogP contribution in [0.3, 0.4) is 0 Å². The highest BCUT2D eigenvalue weighted by atomic mass is 32.2. The molecule has 2 heterocycles. The van der Waals surface area contributed by atoms with Gasteiger partial charge in [0.2, 0.25) is 0 Å². The first-order valence-electron chi connectivity index (χ1n) is 8.50. The van der Waals surface area contributed by atoms with Crippen molar-refractivity contribution in [2.24, 2.45) is 0 Å². The number of furan rings is 1. The van der Waals surface area contributed by atoms with Crippen molar-refractivity contribution < 1.29 is 9.15 Å². The lowest BCUT2D eigenvalue weighted by molar-refractivity contribution is 0.409. The van der Waals surface area contributed by atoms with Crippen molar-refractivity contribution in [3.05, 3.63) is 78.3 Å². The van der Waals surface area contributed by atoms with Crippen molar-refractivity contribution in [3.8, 4) is 5.75 Å². The first-order valence-corrected chi connectivity index (χ1v) is 9.38. The number of para-hydroxylation sites is 2. The molecule has 0 N–H and O–H groups in total. The van der Waals surface area contributed by atoms with Gasteiger partial charge in [-0.1, -0.05) is 30.3 Å². The van der Waals surface area contributed by atoms with Gasteiger partial charge in [-0.2, -0.15) is 0 Å². The third-order valence-electron chi connectivity index (χ3n) is 4.58. The van der Waals surface area contributed by atoms with Crippen LogP contribution in [0.1, 0.15) is 22.8 Å². The Kier molecular flexibility index (Phi) is 4.70. The maximum Gasteiger partial charge on any atom is 0.123 e. The van der Waals surface area contributed by atoms with Gasteiger partial charge in [-0.05, 0) is 30.7 Å². The Morgan fingerprint density at radius 1 is 1.12 bits per heavy atom. The number of benzene rings is 2. The standard InChI is InChI=1S/C21H21NO2S/c1-23-19-8-4-2-6-17(19)20-10-12-22(14-16-11-13-24-15-16)18-7-3-5-9-21(18)25-20/h2-9,11,13,15,20H,10,12,14H2,1H3/t20-/m1/s1. The third kappa shape index (κ3) is 3.40. The highest BCUT2D eigenvalue weighted by molar-refractivity contribution is 7.99. The maximum atomic E-state index is 5.60. The molecule has 1 aromatic heterocycles. The fourth-order valence-corrected chi connectivity index (χ4v) is 4.67. The Labute approximate surface area is 152 Å². The maximum absolute atomic E-state index is 5.60. The first-order chi connectivity index (χ1) is 12.3. The summed E-state index contributed by atoms with van der Waals surface area (Å²) in [6, 6.07) is 19.1. The monoisotopic (exact) mass is 351 g/mol. The second-order valence-electron chi connectivity index (χ2n) is 6.16. The fraction of sp³-hybridized carbons (Fsp3) is 0.238. The van der Waals surface area contributed by atoms with Crippen LogP contribution in [0, 0.1) is 0 Å². The molecule has 1 aliphatic heterocycles. The topological polar surface area (TPSA) is 25.6 Å². The predicted octanol–water partition coefficient (Wildman–Crippen LogP) is 5.53. The number of methoxy groups -OCH3 is 1. The summed E-state index contributed by atoms with van der Waals surface area (Å²) in [5.41, 5.74) is 3.77. The summed E-state index contributed by atoms with van der Waals surface area (Å²) >= 11 is 1.93. The molecule has 0 saturated heterocycles. The largest absolute Gasteiger partial charge is 0.496 e. The van der Waals surface area contributed by atoms with Crippen molar-refractivity contribution in [1.29, 1.82) is 0 Å². The lowest BCUT2D eigenvalue weighted by atomic mass is 10.1. The smallest absolute Gasteiger partial charge is 0.123 e. The average molecular weight is 351 g/mol. The molecule has 25 heavy (non-hydrogen) atoms. The van der Waals surface area contributed by atoms with Gasteiger partial charge in [0, 0.05) is 34.4 Å². The van der Waals surface area contributed by atoms with Crippen molar-refractivity contribution in [3.63, 3.8) is 0 Å².